The zero-order valence-electron chi connectivity index (χ0n) is 17.8. The molecule has 168 valence electrons. The number of hydrogen-bond donors (Lipinski definition) is 2. The summed E-state index contributed by atoms with van der Waals surface area (Å²) < 4.78 is 44.1. The lowest BCUT2D eigenvalue weighted by Crippen LogP contribution is -2.57. The third-order valence-corrected chi connectivity index (χ3v) is 5.31. The summed E-state index contributed by atoms with van der Waals surface area (Å²) in [5.74, 6) is -3.48. The number of alkyl halides is 3. The van der Waals surface area contributed by atoms with Crippen LogP contribution in [0.4, 0.5) is 18.0 Å². The van der Waals surface area contributed by atoms with E-state index in [1.807, 2.05) is 0 Å². The van der Waals surface area contributed by atoms with Crippen molar-refractivity contribution in [1.82, 2.24) is 15.5 Å². The molecule has 2 N–H and O–H groups in total. The molecule has 4 atom stereocenters. The second-order valence-electron chi connectivity index (χ2n) is 8.16. The largest absolute Gasteiger partial charge is 0.453 e. The molecule has 1 fully saturated rings. The van der Waals surface area contributed by atoms with E-state index in [1.54, 1.807) is 27.7 Å². The fraction of sp³-hybridized carbons (Fsp3) is 0.842. The molecule has 0 aromatic carbocycles. The molecule has 0 aromatic rings. The zero-order valence-corrected chi connectivity index (χ0v) is 17.8. The van der Waals surface area contributed by atoms with E-state index in [1.165, 1.54) is 12.0 Å². The van der Waals surface area contributed by atoms with Crippen LogP contribution in [0.5, 0.6) is 0 Å². The van der Waals surface area contributed by atoms with E-state index in [9.17, 15) is 27.6 Å². The molecule has 1 rings (SSSR count). The lowest BCUT2D eigenvalue weighted by molar-refractivity contribution is -0.181. The monoisotopic (exact) mass is 423 g/mol. The van der Waals surface area contributed by atoms with Crippen molar-refractivity contribution in [3.05, 3.63) is 0 Å². The number of carbonyl (C=O) groups excluding carboxylic acids is 3. The number of ether oxygens (including phenoxy) is 1. The fourth-order valence-corrected chi connectivity index (χ4v) is 3.51. The Hall–Kier alpha value is -2.00. The van der Waals surface area contributed by atoms with Crippen LogP contribution in [0.15, 0.2) is 0 Å². The average molecular weight is 423 g/mol. The number of amides is 3. The number of methoxy groups -OCH3 is 1. The summed E-state index contributed by atoms with van der Waals surface area (Å²) in [6.45, 7) is 8.04. The third-order valence-electron chi connectivity index (χ3n) is 5.31. The SMILES string of the molecule is COC(=O)N[C@H](C(=O)N1CCC[C@H]1C(=O)N[C@@H](C(C)C)[C@@H](C)C(F)(F)F)C(C)C. The Morgan fingerprint density at radius 3 is 2.07 bits per heavy atom. The lowest BCUT2D eigenvalue weighted by Gasteiger charge is -2.34. The van der Waals surface area contributed by atoms with Crippen LogP contribution >= 0.6 is 0 Å². The molecule has 0 spiro atoms. The Morgan fingerprint density at radius 1 is 1.03 bits per heavy atom. The molecule has 1 heterocycles. The Morgan fingerprint density at radius 2 is 1.62 bits per heavy atom. The first-order valence-corrected chi connectivity index (χ1v) is 9.83. The minimum absolute atomic E-state index is 0.264. The van der Waals surface area contributed by atoms with Gasteiger partial charge in [0.15, 0.2) is 0 Å². The highest BCUT2D eigenvalue weighted by molar-refractivity contribution is 5.92. The highest BCUT2D eigenvalue weighted by Crippen LogP contribution is 2.31. The minimum atomic E-state index is -4.44. The van der Waals surface area contributed by atoms with Gasteiger partial charge in [-0.1, -0.05) is 34.6 Å². The molecular formula is C19H32F3N3O4. The van der Waals surface area contributed by atoms with Gasteiger partial charge in [-0.05, 0) is 24.7 Å². The van der Waals surface area contributed by atoms with Crippen LogP contribution < -0.4 is 10.6 Å². The van der Waals surface area contributed by atoms with Crippen LogP contribution in [0, 0.1) is 17.8 Å². The predicted octanol–water partition coefficient (Wildman–Crippen LogP) is 2.70. The molecule has 1 aliphatic heterocycles. The fourth-order valence-electron chi connectivity index (χ4n) is 3.51. The summed E-state index contributed by atoms with van der Waals surface area (Å²) in [6.07, 6.45) is -4.31. The quantitative estimate of drug-likeness (QED) is 0.659. The highest BCUT2D eigenvalue weighted by Gasteiger charge is 2.45. The predicted molar refractivity (Wildman–Crippen MR) is 101 cm³/mol. The van der Waals surface area contributed by atoms with Crippen molar-refractivity contribution >= 4 is 17.9 Å². The Bertz CT molecular complexity index is 596. The number of carbonyl (C=O) groups is 3. The van der Waals surface area contributed by atoms with Crippen molar-refractivity contribution in [3.8, 4) is 0 Å². The van der Waals surface area contributed by atoms with E-state index < -0.39 is 54.0 Å². The zero-order chi connectivity index (χ0) is 22.5. The van der Waals surface area contributed by atoms with Gasteiger partial charge in [-0.2, -0.15) is 13.2 Å². The summed E-state index contributed by atoms with van der Waals surface area (Å²) in [7, 11) is 1.18. The molecule has 1 saturated heterocycles. The molecule has 10 heteroatoms. The van der Waals surface area contributed by atoms with Crippen LogP contribution in [0.2, 0.25) is 0 Å². The van der Waals surface area contributed by atoms with E-state index in [4.69, 9.17) is 0 Å². The molecule has 7 nitrogen and oxygen atoms in total. The standard InChI is InChI=1S/C19H32F3N3O4/c1-10(2)14(12(5)19(20,21)22)23-16(26)13-8-7-9-25(13)17(27)15(11(3)4)24-18(28)29-6/h10-15H,7-9H2,1-6H3,(H,23,26)(H,24,28)/t12-,13+,14+,15+/m1/s1. The van der Waals surface area contributed by atoms with Crippen molar-refractivity contribution in [3.63, 3.8) is 0 Å². The lowest BCUT2D eigenvalue weighted by atomic mass is 9.91. The smallest absolute Gasteiger partial charge is 0.407 e. The molecule has 0 bridgehead atoms. The van der Waals surface area contributed by atoms with Crippen molar-refractivity contribution in [1.29, 1.82) is 0 Å². The first kappa shape index (κ1) is 25.0. The Kier molecular flexibility index (Phi) is 8.77. The van der Waals surface area contributed by atoms with E-state index in [0.717, 1.165) is 6.92 Å². The van der Waals surface area contributed by atoms with Gasteiger partial charge in [-0.25, -0.2) is 4.79 Å². The average Bonchev–Trinajstić information content (AvgIpc) is 3.11. The van der Waals surface area contributed by atoms with E-state index in [2.05, 4.69) is 15.4 Å². The van der Waals surface area contributed by atoms with Crippen molar-refractivity contribution < 1.29 is 32.3 Å². The maximum absolute atomic E-state index is 13.2. The van der Waals surface area contributed by atoms with Crippen LogP contribution in [0.1, 0.15) is 47.5 Å². The van der Waals surface area contributed by atoms with Crippen molar-refractivity contribution in [2.45, 2.75) is 71.8 Å². The molecule has 29 heavy (non-hydrogen) atoms. The molecule has 0 saturated carbocycles. The van der Waals surface area contributed by atoms with Crippen LogP contribution in [0.25, 0.3) is 0 Å². The molecule has 0 unspecified atom stereocenters. The molecule has 3 amide bonds. The summed E-state index contributed by atoms with van der Waals surface area (Å²) in [5, 5.41) is 4.97. The Balaban J connectivity index is 2.97. The van der Waals surface area contributed by atoms with Gasteiger partial charge < -0.3 is 20.3 Å². The van der Waals surface area contributed by atoms with E-state index >= 15 is 0 Å². The highest BCUT2D eigenvalue weighted by atomic mass is 19.4. The van der Waals surface area contributed by atoms with Gasteiger partial charge in [0.1, 0.15) is 12.1 Å². The normalized spacial score (nSPS) is 20.4. The summed E-state index contributed by atoms with van der Waals surface area (Å²) in [6, 6.07) is -2.87. The Labute approximate surface area is 169 Å². The second-order valence-corrected chi connectivity index (χ2v) is 8.16. The maximum Gasteiger partial charge on any atom is 0.407 e. The first-order chi connectivity index (χ1) is 13.3. The molecule has 0 radical (unpaired) electrons. The number of hydrogen-bond acceptors (Lipinski definition) is 4. The maximum atomic E-state index is 13.2. The van der Waals surface area contributed by atoms with Gasteiger partial charge in [0.2, 0.25) is 11.8 Å². The van der Waals surface area contributed by atoms with E-state index in [-0.39, 0.29) is 5.92 Å². The van der Waals surface area contributed by atoms with Crippen LogP contribution in [-0.2, 0) is 14.3 Å². The number of alkyl carbamates (subject to hydrolysis) is 1. The van der Waals surface area contributed by atoms with Crippen molar-refractivity contribution in [2.24, 2.45) is 17.8 Å². The van der Waals surface area contributed by atoms with Gasteiger partial charge >= 0.3 is 12.3 Å². The summed E-state index contributed by atoms with van der Waals surface area (Å²) in [4.78, 5) is 38.7. The van der Waals surface area contributed by atoms with Gasteiger partial charge in [0, 0.05) is 12.6 Å². The first-order valence-electron chi connectivity index (χ1n) is 9.83. The van der Waals surface area contributed by atoms with Crippen molar-refractivity contribution in [2.75, 3.05) is 13.7 Å². The second kappa shape index (κ2) is 10.2. The van der Waals surface area contributed by atoms with Gasteiger partial charge in [0.25, 0.3) is 0 Å². The van der Waals surface area contributed by atoms with Gasteiger partial charge in [0.05, 0.1) is 13.0 Å². The number of likely N-dealkylation sites (tertiary alicyclic amines) is 1. The van der Waals surface area contributed by atoms with Crippen LogP contribution in [0.3, 0.4) is 0 Å². The number of rotatable bonds is 7. The third kappa shape index (κ3) is 6.50. The number of nitrogens with zero attached hydrogens (tertiary/aromatic N) is 1. The van der Waals surface area contributed by atoms with Gasteiger partial charge in [-0.15, -0.1) is 0 Å². The minimum Gasteiger partial charge on any atom is -0.453 e. The molecule has 1 aliphatic rings. The number of nitrogens with one attached hydrogen (secondary N) is 2. The molecular weight excluding hydrogens is 391 g/mol. The topological polar surface area (TPSA) is 87.7 Å². The number of halogens is 3. The molecule has 0 aromatic heterocycles. The van der Waals surface area contributed by atoms with E-state index in [0.29, 0.717) is 19.4 Å². The van der Waals surface area contributed by atoms with Gasteiger partial charge in [-0.3, -0.25) is 9.59 Å². The summed E-state index contributed by atoms with van der Waals surface area (Å²) >= 11 is 0. The summed E-state index contributed by atoms with van der Waals surface area (Å²) in [5.41, 5.74) is 0. The molecule has 0 aliphatic carbocycles. The van der Waals surface area contributed by atoms with Crippen LogP contribution in [-0.4, -0.2) is 60.8 Å².